The standard InChI is InChI=1S/C14H19NO2/c1-3-15(12-14(16)17-2)11-7-10-13-8-5-4-6-9-13/h4-10H,3,11-12H2,1-2H3. The highest BCUT2D eigenvalue weighted by atomic mass is 16.5. The maximum Gasteiger partial charge on any atom is 0.319 e. The quantitative estimate of drug-likeness (QED) is 0.705. The first-order chi connectivity index (χ1) is 8.26. The normalized spacial score (nSPS) is 11.0. The second kappa shape index (κ2) is 7.63. The highest BCUT2D eigenvalue weighted by Gasteiger charge is 2.06. The highest BCUT2D eigenvalue weighted by Crippen LogP contribution is 2.01. The third-order valence-corrected chi connectivity index (χ3v) is 2.50. The summed E-state index contributed by atoms with van der Waals surface area (Å²) >= 11 is 0. The molecular formula is C14H19NO2. The number of benzene rings is 1. The smallest absolute Gasteiger partial charge is 0.319 e. The van der Waals surface area contributed by atoms with Crippen LogP contribution in [0.5, 0.6) is 0 Å². The molecule has 0 aliphatic heterocycles. The lowest BCUT2D eigenvalue weighted by Gasteiger charge is -2.16. The van der Waals surface area contributed by atoms with Crippen LogP contribution in [0.2, 0.25) is 0 Å². The van der Waals surface area contributed by atoms with Crippen LogP contribution in [0.15, 0.2) is 36.4 Å². The molecule has 0 heterocycles. The van der Waals surface area contributed by atoms with Gasteiger partial charge in [-0.25, -0.2) is 0 Å². The van der Waals surface area contributed by atoms with E-state index in [1.165, 1.54) is 12.7 Å². The third-order valence-electron chi connectivity index (χ3n) is 2.50. The number of esters is 1. The number of carbonyl (C=O) groups is 1. The summed E-state index contributed by atoms with van der Waals surface area (Å²) in [5.41, 5.74) is 1.17. The first kappa shape index (κ1) is 13.5. The summed E-state index contributed by atoms with van der Waals surface area (Å²) in [5, 5.41) is 0. The molecule has 0 aliphatic carbocycles. The van der Waals surface area contributed by atoms with Crippen LogP contribution in [0, 0.1) is 0 Å². The molecule has 0 fully saturated rings. The van der Waals surface area contributed by atoms with Crippen LogP contribution < -0.4 is 0 Å². The number of ether oxygens (including phenoxy) is 1. The second-order valence-electron chi connectivity index (χ2n) is 3.72. The highest BCUT2D eigenvalue weighted by molar-refractivity contribution is 5.71. The molecule has 0 radical (unpaired) electrons. The van der Waals surface area contributed by atoms with E-state index in [-0.39, 0.29) is 5.97 Å². The van der Waals surface area contributed by atoms with Gasteiger partial charge < -0.3 is 4.74 Å². The van der Waals surface area contributed by atoms with Crippen LogP contribution >= 0.6 is 0 Å². The minimum atomic E-state index is -0.194. The van der Waals surface area contributed by atoms with Crippen molar-refractivity contribution in [2.24, 2.45) is 0 Å². The van der Waals surface area contributed by atoms with Crippen LogP contribution in [0.1, 0.15) is 12.5 Å². The van der Waals surface area contributed by atoms with Gasteiger partial charge in [0.25, 0.3) is 0 Å². The van der Waals surface area contributed by atoms with Crippen molar-refractivity contribution in [3.8, 4) is 0 Å². The maximum absolute atomic E-state index is 11.1. The Balaban J connectivity index is 2.42. The predicted octanol–water partition coefficient (Wildman–Crippen LogP) is 2.19. The number of carbonyl (C=O) groups excluding carboxylic acids is 1. The molecule has 0 bridgehead atoms. The Labute approximate surface area is 103 Å². The molecule has 1 aromatic carbocycles. The largest absolute Gasteiger partial charge is 0.468 e. The predicted molar refractivity (Wildman–Crippen MR) is 69.6 cm³/mol. The van der Waals surface area contributed by atoms with Crippen LogP contribution in [-0.2, 0) is 9.53 Å². The van der Waals surface area contributed by atoms with Crippen LogP contribution in [0.25, 0.3) is 6.08 Å². The zero-order valence-electron chi connectivity index (χ0n) is 10.4. The van der Waals surface area contributed by atoms with Crippen LogP contribution in [-0.4, -0.2) is 37.6 Å². The van der Waals surface area contributed by atoms with Gasteiger partial charge in [0.05, 0.1) is 13.7 Å². The molecule has 0 saturated carbocycles. The van der Waals surface area contributed by atoms with Gasteiger partial charge in [0.2, 0.25) is 0 Å². The molecule has 0 amide bonds. The third kappa shape index (κ3) is 5.31. The Morgan fingerprint density at radius 1 is 1.35 bits per heavy atom. The van der Waals surface area contributed by atoms with E-state index in [0.717, 1.165) is 13.1 Å². The molecule has 3 nitrogen and oxygen atoms in total. The Morgan fingerprint density at radius 3 is 2.65 bits per heavy atom. The minimum absolute atomic E-state index is 0.194. The summed E-state index contributed by atoms with van der Waals surface area (Å²) < 4.78 is 4.64. The van der Waals surface area contributed by atoms with E-state index in [1.807, 2.05) is 42.2 Å². The zero-order chi connectivity index (χ0) is 12.5. The molecule has 3 heteroatoms. The summed E-state index contributed by atoms with van der Waals surface area (Å²) in [7, 11) is 1.41. The Bertz CT molecular complexity index is 360. The topological polar surface area (TPSA) is 29.5 Å². The first-order valence-electron chi connectivity index (χ1n) is 5.77. The van der Waals surface area contributed by atoms with Crippen molar-refractivity contribution < 1.29 is 9.53 Å². The molecule has 1 rings (SSSR count). The molecule has 0 unspecified atom stereocenters. The van der Waals surface area contributed by atoms with Crippen LogP contribution in [0.4, 0.5) is 0 Å². The van der Waals surface area contributed by atoms with E-state index < -0.39 is 0 Å². The van der Waals surface area contributed by atoms with Crippen molar-refractivity contribution in [3.05, 3.63) is 42.0 Å². The average Bonchev–Trinajstić information content (AvgIpc) is 2.38. The Morgan fingerprint density at radius 2 is 2.06 bits per heavy atom. The fourth-order valence-electron chi connectivity index (χ4n) is 1.45. The van der Waals surface area contributed by atoms with E-state index in [9.17, 15) is 4.79 Å². The molecule has 92 valence electrons. The minimum Gasteiger partial charge on any atom is -0.468 e. The van der Waals surface area contributed by atoms with Gasteiger partial charge in [0, 0.05) is 6.54 Å². The van der Waals surface area contributed by atoms with E-state index in [4.69, 9.17) is 0 Å². The number of rotatable bonds is 6. The van der Waals surface area contributed by atoms with Crippen molar-refractivity contribution in [1.82, 2.24) is 4.90 Å². The Kier molecular flexibility index (Phi) is 6.04. The van der Waals surface area contributed by atoms with E-state index >= 15 is 0 Å². The van der Waals surface area contributed by atoms with Crippen molar-refractivity contribution in [2.45, 2.75) is 6.92 Å². The van der Waals surface area contributed by atoms with Crippen LogP contribution in [0.3, 0.4) is 0 Å². The Hall–Kier alpha value is -1.61. The molecule has 17 heavy (non-hydrogen) atoms. The summed E-state index contributed by atoms with van der Waals surface area (Å²) in [6, 6.07) is 10.1. The lowest BCUT2D eigenvalue weighted by Crippen LogP contribution is -2.30. The lowest BCUT2D eigenvalue weighted by atomic mass is 10.2. The first-order valence-corrected chi connectivity index (χ1v) is 5.77. The summed E-state index contributed by atoms with van der Waals surface area (Å²) in [6.45, 7) is 3.94. The molecule has 0 N–H and O–H groups in total. The van der Waals surface area contributed by atoms with Crippen molar-refractivity contribution in [2.75, 3.05) is 26.7 Å². The molecule has 0 spiro atoms. The van der Waals surface area contributed by atoms with Gasteiger partial charge in [-0.05, 0) is 12.1 Å². The number of hydrogen-bond acceptors (Lipinski definition) is 3. The monoisotopic (exact) mass is 233 g/mol. The van der Waals surface area contributed by atoms with Crippen molar-refractivity contribution in [1.29, 1.82) is 0 Å². The summed E-state index contributed by atoms with van der Waals surface area (Å²) in [4.78, 5) is 13.1. The number of hydrogen-bond donors (Lipinski definition) is 0. The molecule has 0 aromatic heterocycles. The van der Waals surface area contributed by atoms with Crippen molar-refractivity contribution in [3.63, 3.8) is 0 Å². The number of nitrogens with zero attached hydrogens (tertiary/aromatic N) is 1. The van der Waals surface area contributed by atoms with E-state index in [1.54, 1.807) is 0 Å². The second-order valence-corrected chi connectivity index (χ2v) is 3.72. The molecule has 0 aliphatic rings. The van der Waals surface area contributed by atoms with Gasteiger partial charge >= 0.3 is 5.97 Å². The van der Waals surface area contributed by atoms with Gasteiger partial charge in [0.1, 0.15) is 0 Å². The SMILES string of the molecule is CCN(CC=Cc1ccccc1)CC(=O)OC. The fourth-order valence-corrected chi connectivity index (χ4v) is 1.45. The maximum atomic E-state index is 11.1. The lowest BCUT2D eigenvalue weighted by molar-refractivity contribution is -0.141. The van der Waals surface area contributed by atoms with Gasteiger partial charge in [-0.2, -0.15) is 0 Å². The van der Waals surface area contributed by atoms with Gasteiger partial charge in [-0.1, -0.05) is 49.4 Å². The fraction of sp³-hybridized carbons (Fsp3) is 0.357. The average molecular weight is 233 g/mol. The van der Waals surface area contributed by atoms with Crippen molar-refractivity contribution >= 4 is 12.0 Å². The van der Waals surface area contributed by atoms with E-state index in [2.05, 4.69) is 16.9 Å². The molecule has 0 atom stereocenters. The van der Waals surface area contributed by atoms with Gasteiger partial charge in [-0.15, -0.1) is 0 Å². The summed E-state index contributed by atoms with van der Waals surface area (Å²) in [6.07, 6.45) is 4.11. The van der Waals surface area contributed by atoms with Gasteiger partial charge in [0.15, 0.2) is 0 Å². The molecule has 1 aromatic rings. The zero-order valence-corrected chi connectivity index (χ0v) is 10.4. The number of likely N-dealkylation sites (N-methyl/N-ethyl adjacent to an activating group) is 1. The van der Waals surface area contributed by atoms with E-state index in [0.29, 0.717) is 6.54 Å². The van der Waals surface area contributed by atoms with Gasteiger partial charge in [-0.3, -0.25) is 9.69 Å². The molecular weight excluding hydrogens is 214 g/mol. The number of methoxy groups -OCH3 is 1. The molecule has 0 saturated heterocycles. The summed E-state index contributed by atoms with van der Waals surface area (Å²) in [5.74, 6) is -0.194.